The van der Waals surface area contributed by atoms with Crippen LogP contribution in [0.25, 0.3) is 10.4 Å². The smallest absolute Gasteiger partial charge is 0.252 e. The van der Waals surface area contributed by atoms with Gasteiger partial charge in [0, 0.05) is 4.91 Å². The van der Waals surface area contributed by atoms with Gasteiger partial charge in [-0.3, -0.25) is 4.79 Å². The molecule has 4 nitrogen and oxygen atoms in total. The minimum Gasteiger partial charge on any atom is -0.287 e. The molecule has 0 saturated heterocycles. The molecule has 13 heavy (non-hydrogen) atoms. The first-order chi connectivity index (χ1) is 6.16. The van der Waals surface area contributed by atoms with Crippen LogP contribution in [0, 0.1) is 5.82 Å². The van der Waals surface area contributed by atoms with Gasteiger partial charge in [-0.05, 0) is 38.7 Å². The molecule has 0 aliphatic heterocycles. The zero-order chi connectivity index (χ0) is 9.84. The Kier molecular flexibility index (Phi) is 3.00. The van der Waals surface area contributed by atoms with Crippen molar-refractivity contribution in [1.82, 2.24) is 0 Å². The van der Waals surface area contributed by atoms with Gasteiger partial charge < -0.3 is 0 Å². The van der Waals surface area contributed by atoms with Gasteiger partial charge in [-0.15, -0.1) is 0 Å². The first kappa shape index (κ1) is 9.70. The largest absolute Gasteiger partial charge is 0.287 e. The van der Waals surface area contributed by atoms with E-state index in [0.717, 1.165) is 0 Å². The summed E-state index contributed by atoms with van der Waals surface area (Å²) in [6, 6.07) is 4.17. The van der Waals surface area contributed by atoms with Crippen LogP contribution >= 0.6 is 15.9 Å². The molecule has 1 rings (SSSR count). The summed E-state index contributed by atoms with van der Waals surface area (Å²) < 4.78 is 13.3. The maximum absolute atomic E-state index is 13.1. The van der Waals surface area contributed by atoms with Gasteiger partial charge >= 0.3 is 0 Å². The number of amides is 1. The molecule has 0 aliphatic carbocycles. The summed E-state index contributed by atoms with van der Waals surface area (Å²) in [7, 11) is 0. The van der Waals surface area contributed by atoms with Crippen molar-refractivity contribution in [3.8, 4) is 0 Å². The molecule has 0 aromatic heterocycles. The van der Waals surface area contributed by atoms with Crippen molar-refractivity contribution in [2.45, 2.75) is 0 Å². The lowest BCUT2D eigenvalue weighted by Gasteiger charge is -1.98. The Morgan fingerprint density at radius 3 is 2.92 bits per heavy atom. The maximum atomic E-state index is 13.1. The number of azide groups is 1. The van der Waals surface area contributed by atoms with E-state index in [1.165, 1.54) is 18.2 Å². The molecule has 1 aromatic carbocycles. The second-order valence-electron chi connectivity index (χ2n) is 2.10. The van der Waals surface area contributed by atoms with E-state index in [-0.39, 0.29) is 10.0 Å². The number of carbonyl (C=O) groups excluding carboxylic acids is 1. The second kappa shape index (κ2) is 4.02. The monoisotopic (exact) mass is 243 g/mol. The number of hydrogen-bond acceptors (Lipinski definition) is 1. The lowest BCUT2D eigenvalue weighted by atomic mass is 10.2. The summed E-state index contributed by atoms with van der Waals surface area (Å²) in [5, 5.41) is 2.78. The number of nitrogens with zero attached hydrogens (tertiary/aromatic N) is 3. The summed E-state index contributed by atoms with van der Waals surface area (Å²) in [5.41, 5.74) is 7.72. The highest BCUT2D eigenvalue weighted by Crippen LogP contribution is 2.19. The minimum absolute atomic E-state index is 0.159. The fraction of sp³-hybridized carbons (Fsp3) is 0. The first-order valence-electron chi connectivity index (χ1n) is 3.20. The molecule has 1 amide bonds. The van der Waals surface area contributed by atoms with Gasteiger partial charge in [0.15, 0.2) is 0 Å². The van der Waals surface area contributed by atoms with Crippen molar-refractivity contribution in [1.29, 1.82) is 0 Å². The van der Waals surface area contributed by atoms with Crippen molar-refractivity contribution >= 4 is 21.8 Å². The number of rotatable bonds is 1. The van der Waals surface area contributed by atoms with Crippen molar-refractivity contribution in [2.24, 2.45) is 5.11 Å². The zero-order valence-electron chi connectivity index (χ0n) is 6.24. The van der Waals surface area contributed by atoms with Crippen LogP contribution in [0.15, 0.2) is 27.8 Å². The van der Waals surface area contributed by atoms with E-state index in [4.69, 9.17) is 5.53 Å². The van der Waals surface area contributed by atoms with Crippen LogP contribution in [0.1, 0.15) is 10.4 Å². The standard InChI is InChI=1S/C7H3BrFN3O/c8-5-3-1-2-4(6(5)9)7(13)11-12-10/h1-3H. The number of carbonyl (C=O) groups is 1. The Morgan fingerprint density at radius 2 is 2.31 bits per heavy atom. The first-order valence-corrected chi connectivity index (χ1v) is 3.99. The van der Waals surface area contributed by atoms with E-state index >= 15 is 0 Å². The Hall–Kier alpha value is -1.39. The predicted molar refractivity (Wildman–Crippen MR) is 47.6 cm³/mol. The van der Waals surface area contributed by atoms with Crippen molar-refractivity contribution in [3.05, 3.63) is 44.5 Å². The topological polar surface area (TPSA) is 65.8 Å². The quantitative estimate of drug-likeness (QED) is 0.425. The third-order valence-electron chi connectivity index (χ3n) is 1.32. The third-order valence-corrected chi connectivity index (χ3v) is 1.93. The molecule has 0 atom stereocenters. The summed E-state index contributed by atoms with van der Waals surface area (Å²) in [4.78, 5) is 13.2. The Bertz CT molecular complexity index is 401. The van der Waals surface area contributed by atoms with E-state index < -0.39 is 11.7 Å². The molecule has 0 heterocycles. The van der Waals surface area contributed by atoms with Crippen LogP contribution in [-0.4, -0.2) is 5.91 Å². The summed E-state index contributed by atoms with van der Waals surface area (Å²) in [6.07, 6.45) is 0. The Labute approximate surface area is 81.1 Å². The Balaban J connectivity index is 3.22. The molecule has 0 radical (unpaired) electrons. The third kappa shape index (κ3) is 2.05. The minimum atomic E-state index is -0.929. The van der Waals surface area contributed by atoms with Gasteiger partial charge in [-0.25, -0.2) is 4.39 Å². The lowest BCUT2D eigenvalue weighted by molar-refractivity contribution is 0.0996. The van der Waals surface area contributed by atoms with E-state index in [0.29, 0.717) is 0 Å². The van der Waals surface area contributed by atoms with Crippen molar-refractivity contribution < 1.29 is 9.18 Å². The van der Waals surface area contributed by atoms with Gasteiger partial charge in [0.2, 0.25) is 0 Å². The lowest BCUT2D eigenvalue weighted by Crippen LogP contribution is -1.97. The molecular weight excluding hydrogens is 241 g/mol. The van der Waals surface area contributed by atoms with Crippen LogP contribution in [-0.2, 0) is 0 Å². The van der Waals surface area contributed by atoms with Crippen molar-refractivity contribution in [3.63, 3.8) is 0 Å². The molecule has 0 aliphatic rings. The molecule has 0 bridgehead atoms. The molecule has 0 saturated carbocycles. The molecular formula is C7H3BrFN3O. The summed E-state index contributed by atoms with van der Waals surface area (Å²) >= 11 is 2.90. The van der Waals surface area contributed by atoms with Gasteiger partial charge in [-0.1, -0.05) is 6.07 Å². The van der Waals surface area contributed by atoms with Crippen LogP contribution in [0.4, 0.5) is 4.39 Å². The van der Waals surface area contributed by atoms with Crippen LogP contribution < -0.4 is 0 Å². The molecule has 0 unspecified atom stereocenters. The van der Waals surface area contributed by atoms with Gasteiger partial charge in [0.25, 0.3) is 5.91 Å². The number of hydrogen-bond donors (Lipinski definition) is 0. The highest BCUT2D eigenvalue weighted by atomic mass is 79.9. The normalized spacial score (nSPS) is 9.08. The van der Waals surface area contributed by atoms with E-state index in [2.05, 4.69) is 26.0 Å². The SMILES string of the molecule is [N-]=[N+]=NC(=O)c1cccc(Br)c1F. The molecule has 0 fully saturated rings. The summed E-state index contributed by atoms with van der Waals surface area (Å²) in [6.45, 7) is 0. The predicted octanol–water partition coefficient (Wildman–Crippen LogP) is 3.04. The molecule has 66 valence electrons. The van der Waals surface area contributed by atoms with Gasteiger partial charge in [0.1, 0.15) is 5.82 Å². The fourth-order valence-electron chi connectivity index (χ4n) is 0.763. The molecule has 0 spiro atoms. The number of halogens is 2. The second-order valence-corrected chi connectivity index (χ2v) is 2.95. The fourth-order valence-corrected chi connectivity index (χ4v) is 1.13. The van der Waals surface area contributed by atoms with Crippen LogP contribution in [0.5, 0.6) is 0 Å². The maximum Gasteiger partial charge on any atom is 0.252 e. The highest BCUT2D eigenvalue weighted by molar-refractivity contribution is 9.10. The van der Waals surface area contributed by atoms with E-state index in [1.54, 1.807) is 0 Å². The Morgan fingerprint density at radius 1 is 1.62 bits per heavy atom. The van der Waals surface area contributed by atoms with Gasteiger partial charge in [-0.2, -0.15) is 0 Å². The van der Waals surface area contributed by atoms with Crippen LogP contribution in [0.3, 0.4) is 0 Å². The highest BCUT2D eigenvalue weighted by Gasteiger charge is 2.11. The van der Waals surface area contributed by atoms with E-state index in [1.807, 2.05) is 0 Å². The molecule has 1 aromatic rings. The number of benzene rings is 1. The average Bonchev–Trinajstić information content (AvgIpc) is 2.10. The average molecular weight is 244 g/mol. The summed E-state index contributed by atoms with van der Waals surface area (Å²) in [5.74, 6) is -1.65. The van der Waals surface area contributed by atoms with Gasteiger partial charge in [0.05, 0.1) is 10.0 Å². The molecule has 6 heteroatoms. The van der Waals surface area contributed by atoms with Crippen LogP contribution in [0.2, 0.25) is 0 Å². The molecule has 0 N–H and O–H groups in total. The zero-order valence-corrected chi connectivity index (χ0v) is 7.82. The van der Waals surface area contributed by atoms with Crippen molar-refractivity contribution in [2.75, 3.05) is 0 Å². The van der Waals surface area contributed by atoms with E-state index in [9.17, 15) is 9.18 Å².